The monoisotopic (exact) mass is 495 g/mol. The minimum atomic E-state index is 0.0799. The Hall–Kier alpha value is -2.18. The van der Waals surface area contributed by atoms with Crippen molar-refractivity contribution in [2.24, 2.45) is 5.92 Å². The summed E-state index contributed by atoms with van der Waals surface area (Å²) in [6.07, 6.45) is 5.68. The zero-order chi connectivity index (χ0) is 24.8. The predicted molar refractivity (Wildman–Crippen MR) is 144 cm³/mol. The molecule has 3 atom stereocenters. The molecule has 2 amide bonds. The molecule has 1 aromatic carbocycles. The highest BCUT2D eigenvalue weighted by Crippen LogP contribution is 2.37. The highest BCUT2D eigenvalue weighted by Gasteiger charge is 2.34. The quantitative estimate of drug-likeness (QED) is 0.470. The van der Waals surface area contributed by atoms with Gasteiger partial charge in [0.05, 0.1) is 6.04 Å². The van der Waals surface area contributed by atoms with Crippen molar-refractivity contribution in [2.45, 2.75) is 71.4 Å². The van der Waals surface area contributed by atoms with Gasteiger partial charge in [0.1, 0.15) is 0 Å². The summed E-state index contributed by atoms with van der Waals surface area (Å²) in [4.78, 5) is 34.3. The molecule has 0 spiro atoms. The van der Waals surface area contributed by atoms with Crippen LogP contribution in [0.1, 0.15) is 74.9 Å². The minimum absolute atomic E-state index is 0.0799. The van der Waals surface area contributed by atoms with Crippen molar-refractivity contribution in [3.05, 3.63) is 57.8 Å². The number of piperazine rings is 1. The summed E-state index contributed by atoms with van der Waals surface area (Å²) in [5.41, 5.74) is 2.70. The number of benzene rings is 1. The Balaban J connectivity index is 1.35. The first-order valence-electron chi connectivity index (χ1n) is 13.5. The number of rotatable bonds is 9. The second kappa shape index (κ2) is 12.2. The van der Waals surface area contributed by atoms with Gasteiger partial charge < -0.3 is 9.80 Å². The molecule has 2 aliphatic rings. The smallest absolute Gasteiger partial charge is 0.226 e. The largest absolute Gasteiger partial charge is 0.339 e. The van der Waals surface area contributed by atoms with E-state index in [2.05, 4.69) is 67.4 Å². The van der Waals surface area contributed by atoms with Crippen LogP contribution in [0, 0.1) is 5.92 Å². The van der Waals surface area contributed by atoms with Gasteiger partial charge in [-0.1, -0.05) is 57.0 Å². The van der Waals surface area contributed by atoms with Gasteiger partial charge in [-0.05, 0) is 48.8 Å². The van der Waals surface area contributed by atoms with E-state index in [1.54, 1.807) is 0 Å². The Kier molecular flexibility index (Phi) is 9.01. The fraction of sp³-hybridized carbons (Fsp3) is 0.586. The van der Waals surface area contributed by atoms with E-state index in [1.165, 1.54) is 16.0 Å². The Bertz CT molecular complexity index is 975. The van der Waals surface area contributed by atoms with E-state index in [9.17, 15) is 9.59 Å². The number of thiophene rings is 1. The van der Waals surface area contributed by atoms with E-state index in [1.807, 2.05) is 21.1 Å². The summed E-state index contributed by atoms with van der Waals surface area (Å²) >= 11 is 1.85. The molecule has 2 aromatic rings. The Morgan fingerprint density at radius 1 is 1.09 bits per heavy atom. The molecule has 2 aliphatic heterocycles. The third-order valence-electron chi connectivity index (χ3n) is 7.81. The van der Waals surface area contributed by atoms with Crippen LogP contribution < -0.4 is 0 Å². The Labute approximate surface area is 215 Å². The third-order valence-corrected chi connectivity index (χ3v) is 8.80. The van der Waals surface area contributed by atoms with E-state index in [4.69, 9.17) is 0 Å². The van der Waals surface area contributed by atoms with Gasteiger partial charge in [-0.2, -0.15) is 0 Å². The molecule has 0 N–H and O–H groups in total. The highest BCUT2D eigenvalue weighted by atomic mass is 32.1. The lowest BCUT2D eigenvalue weighted by molar-refractivity contribution is -0.145. The molecule has 35 heavy (non-hydrogen) atoms. The minimum Gasteiger partial charge on any atom is -0.339 e. The molecule has 4 rings (SSSR count). The number of hydrogen-bond donors (Lipinski definition) is 0. The number of carbonyl (C=O) groups excluding carboxylic acids is 2. The molecular weight excluding hydrogens is 454 g/mol. The van der Waals surface area contributed by atoms with Crippen LogP contribution in [0.25, 0.3) is 0 Å². The normalized spacial score (nSPS) is 21.6. The van der Waals surface area contributed by atoms with Crippen LogP contribution in [0.3, 0.4) is 0 Å². The summed E-state index contributed by atoms with van der Waals surface area (Å²) in [6.45, 7) is 10.1. The number of carbonyl (C=O) groups is 2. The maximum Gasteiger partial charge on any atom is 0.226 e. The summed E-state index contributed by atoms with van der Waals surface area (Å²) in [6, 6.07) is 13.2. The molecule has 3 heterocycles. The molecule has 0 radical (unpaired) electrons. The molecule has 0 aliphatic carbocycles. The van der Waals surface area contributed by atoms with Gasteiger partial charge in [0.2, 0.25) is 11.8 Å². The first kappa shape index (κ1) is 25.9. The second-order valence-electron chi connectivity index (χ2n) is 10.1. The summed E-state index contributed by atoms with van der Waals surface area (Å²) in [7, 11) is 0. The molecule has 0 bridgehead atoms. The van der Waals surface area contributed by atoms with Crippen LogP contribution in [0.15, 0.2) is 41.8 Å². The van der Waals surface area contributed by atoms with Crippen molar-refractivity contribution < 1.29 is 9.59 Å². The van der Waals surface area contributed by atoms with Gasteiger partial charge in [-0.3, -0.25) is 14.5 Å². The number of amides is 2. The standard InChI is InChI=1S/C29H41N3O2S/c1-4-6-10-23(5-2)29(34)32-19-18-31(21-22(32)3)27(33)14-17-30-16-13-26-25(15-20-35-26)28(30)24-11-8-7-9-12-24/h7-9,11-12,15,20,22-23,28H,4-6,10,13-14,16-19,21H2,1-3H3/t22-,23-,28-/m0/s1. The van der Waals surface area contributed by atoms with E-state index in [0.717, 1.165) is 45.2 Å². The van der Waals surface area contributed by atoms with Gasteiger partial charge in [-0.25, -0.2) is 0 Å². The van der Waals surface area contributed by atoms with Crippen LogP contribution in [0.5, 0.6) is 0 Å². The molecule has 5 nitrogen and oxygen atoms in total. The van der Waals surface area contributed by atoms with Gasteiger partial charge in [-0.15, -0.1) is 11.3 Å². The van der Waals surface area contributed by atoms with E-state index in [-0.39, 0.29) is 29.8 Å². The molecule has 190 valence electrons. The summed E-state index contributed by atoms with van der Waals surface area (Å²) in [5, 5.41) is 2.20. The van der Waals surface area contributed by atoms with Crippen LogP contribution >= 0.6 is 11.3 Å². The van der Waals surface area contributed by atoms with Gasteiger partial charge in [0, 0.05) is 56.0 Å². The summed E-state index contributed by atoms with van der Waals surface area (Å²) in [5.74, 6) is 0.617. The third kappa shape index (κ3) is 5.97. The van der Waals surface area contributed by atoms with E-state index in [0.29, 0.717) is 26.1 Å². The van der Waals surface area contributed by atoms with Crippen molar-refractivity contribution in [1.82, 2.24) is 14.7 Å². The number of unbranched alkanes of at least 4 members (excludes halogenated alkanes) is 1. The average Bonchev–Trinajstić information content (AvgIpc) is 3.36. The maximum absolute atomic E-state index is 13.2. The lowest BCUT2D eigenvalue weighted by atomic mass is 9.93. The van der Waals surface area contributed by atoms with Gasteiger partial charge >= 0.3 is 0 Å². The van der Waals surface area contributed by atoms with Crippen molar-refractivity contribution in [3.63, 3.8) is 0 Å². The zero-order valence-corrected chi connectivity index (χ0v) is 22.4. The van der Waals surface area contributed by atoms with Crippen molar-refractivity contribution in [3.8, 4) is 0 Å². The van der Waals surface area contributed by atoms with Crippen LogP contribution in [-0.2, 0) is 16.0 Å². The van der Waals surface area contributed by atoms with Crippen molar-refractivity contribution in [2.75, 3.05) is 32.7 Å². The number of fused-ring (bicyclic) bond motifs is 1. The maximum atomic E-state index is 13.2. The lowest BCUT2D eigenvalue weighted by Crippen LogP contribution is -2.56. The highest BCUT2D eigenvalue weighted by molar-refractivity contribution is 7.10. The molecule has 0 saturated carbocycles. The summed E-state index contributed by atoms with van der Waals surface area (Å²) < 4.78 is 0. The van der Waals surface area contributed by atoms with Crippen molar-refractivity contribution in [1.29, 1.82) is 0 Å². The topological polar surface area (TPSA) is 43.9 Å². The van der Waals surface area contributed by atoms with Gasteiger partial charge in [0.25, 0.3) is 0 Å². The fourth-order valence-corrected chi connectivity index (χ4v) is 6.63. The number of nitrogens with zero attached hydrogens (tertiary/aromatic N) is 3. The predicted octanol–water partition coefficient (Wildman–Crippen LogP) is 5.36. The Morgan fingerprint density at radius 3 is 2.60 bits per heavy atom. The SMILES string of the molecule is CCCC[C@H](CC)C(=O)N1CCN(C(=O)CCN2CCc3sccc3[C@@H]2c2ccccc2)C[C@@H]1C. The second-order valence-corrected chi connectivity index (χ2v) is 11.1. The van der Waals surface area contributed by atoms with E-state index >= 15 is 0 Å². The molecule has 1 saturated heterocycles. The zero-order valence-electron chi connectivity index (χ0n) is 21.6. The lowest BCUT2D eigenvalue weighted by Gasteiger charge is -2.42. The first-order chi connectivity index (χ1) is 17.0. The van der Waals surface area contributed by atoms with Crippen molar-refractivity contribution >= 4 is 23.2 Å². The first-order valence-corrected chi connectivity index (χ1v) is 14.3. The fourth-order valence-electron chi connectivity index (χ4n) is 5.73. The molecule has 1 aromatic heterocycles. The van der Waals surface area contributed by atoms with E-state index < -0.39 is 0 Å². The van der Waals surface area contributed by atoms with Crippen LogP contribution in [0.4, 0.5) is 0 Å². The van der Waals surface area contributed by atoms with Crippen LogP contribution in [0.2, 0.25) is 0 Å². The average molecular weight is 496 g/mol. The Morgan fingerprint density at radius 2 is 1.89 bits per heavy atom. The van der Waals surface area contributed by atoms with Gasteiger partial charge in [0.15, 0.2) is 0 Å². The molecule has 0 unspecified atom stereocenters. The molecule has 6 heteroatoms. The molecular formula is C29H41N3O2S. The number of hydrogen-bond acceptors (Lipinski definition) is 4. The van der Waals surface area contributed by atoms with Crippen LogP contribution in [-0.4, -0.2) is 65.3 Å². The molecule has 1 fully saturated rings.